The van der Waals surface area contributed by atoms with Gasteiger partial charge in [0, 0.05) is 19.1 Å². The molecule has 1 N–H and O–H groups in total. The van der Waals surface area contributed by atoms with E-state index >= 15 is 0 Å². The molecule has 1 aromatic rings. The molecule has 0 bridgehead atoms. The first-order chi connectivity index (χ1) is 7.75. The van der Waals surface area contributed by atoms with E-state index in [1.54, 1.807) is 0 Å². The second-order valence-electron chi connectivity index (χ2n) is 4.90. The Kier molecular flexibility index (Phi) is 3.97. The fourth-order valence-corrected chi connectivity index (χ4v) is 2.32. The van der Waals surface area contributed by atoms with Crippen LogP contribution in [0, 0.1) is 6.92 Å². The van der Waals surface area contributed by atoms with Gasteiger partial charge in [-0.1, -0.05) is 29.8 Å². The van der Waals surface area contributed by atoms with Crippen LogP contribution in [0.15, 0.2) is 24.3 Å². The first-order valence-corrected chi connectivity index (χ1v) is 6.22. The van der Waals surface area contributed by atoms with Gasteiger partial charge in [0.15, 0.2) is 0 Å². The Labute approximate surface area is 98.7 Å². The molecule has 1 saturated heterocycles. The highest BCUT2D eigenvalue weighted by Crippen LogP contribution is 2.12. The van der Waals surface area contributed by atoms with Gasteiger partial charge in [0.05, 0.1) is 0 Å². The van der Waals surface area contributed by atoms with E-state index in [1.807, 2.05) is 0 Å². The zero-order chi connectivity index (χ0) is 11.4. The third kappa shape index (κ3) is 3.06. The average molecular weight is 218 g/mol. The summed E-state index contributed by atoms with van der Waals surface area (Å²) in [5.74, 6) is 0. The molecule has 0 amide bonds. The van der Waals surface area contributed by atoms with Crippen LogP contribution < -0.4 is 5.32 Å². The molecule has 16 heavy (non-hydrogen) atoms. The summed E-state index contributed by atoms with van der Waals surface area (Å²) in [6, 6.07) is 9.57. The van der Waals surface area contributed by atoms with E-state index in [4.69, 9.17) is 0 Å². The lowest BCUT2D eigenvalue weighted by molar-refractivity contribution is 0.196. The molecular formula is C14H22N2. The maximum absolute atomic E-state index is 3.47. The normalized spacial score (nSPS) is 21.3. The third-order valence-electron chi connectivity index (χ3n) is 3.45. The minimum absolute atomic E-state index is 0.704. The average Bonchev–Trinajstić information content (AvgIpc) is 2.33. The third-order valence-corrected chi connectivity index (χ3v) is 3.45. The Balaban J connectivity index is 1.90. The summed E-state index contributed by atoms with van der Waals surface area (Å²) in [5, 5.41) is 3.47. The van der Waals surface area contributed by atoms with E-state index in [0.29, 0.717) is 6.04 Å². The molecule has 1 aromatic carbocycles. The molecule has 0 spiro atoms. The SMILES string of the molecule is Cc1ccc(CN(C)[C@H]2CCCNC2)cc1. The van der Waals surface area contributed by atoms with Crippen molar-refractivity contribution >= 4 is 0 Å². The number of aryl methyl sites for hydroxylation is 1. The van der Waals surface area contributed by atoms with Crippen molar-refractivity contribution in [2.75, 3.05) is 20.1 Å². The summed E-state index contributed by atoms with van der Waals surface area (Å²) < 4.78 is 0. The fraction of sp³-hybridized carbons (Fsp3) is 0.571. The largest absolute Gasteiger partial charge is 0.315 e. The molecule has 0 aliphatic carbocycles. The van der Waals surface area contributed by atoms with Crippen molar-refractivity contribution in [3.05, 3.63) is 35.4 Å². The highest BCUT2D eigenvalue weighted by atomic mass is 15.2. The van der Waals surface area contributed by atoms with Crippen LogP contribution in [-0.2, 0) is 6.54 Å². The quantitative estimate of drug-likeness (QED) is 0.836. The van der Waals surface area contributed by atoms with Gasteiger partial charge in [0.1, 0.15) is 0 Å². The molecule has 1 atom stereocenters. The van der Waals surface area contributed by atoms with Crippen LogP contribution >= 0.6 is 0 Å². The van der Waals surface area contributed by atoms with Gasteiger partial charge in [0.25, 0.3) is 0 Å². The molecule has 0 radical (unpaired) electrons. The van der Waals surface area contributed by atoms with Crippen LogP contribution in [0.25, 0.3) is 0 Å². The molecular weight excluding hydrogens is 196 g/mol. The van der Waals surface area contributed by atoms with Gasteiger partial charge >= 0.3 is 0 Å². The Bertz CT molecular complexity index is 312. The van der Waals surface area contributed by atoms with Crippen LogP contribution in [0.5, 0.6) is 0 Å². The molecule has 1 aliphatic rings. The van der Waals surface area contributed by atoms with Gasteiger partial charge in [-0.15, -0.1) is 0 Å². The molecule has 2 nitrogen and oxygen atoms in total. The number of benzene rings is 1. The minimum atomic E-state index is 0.704. The highest BCUT2D eigenvalue weighted by molar-refractivity contribution is 5.21. The standard InChI is InChI=1S/C14H22N2/c1-12-5-7-13(8-6-12)11-16(2)14-4-3-9-15-10-14/h5-8,14-15H,3-4,9-11H2,1-2H3/t14-/m0/s1. The summed E-state index contributed by atoms with van der Waals surface area (Å²) in [7, 11) is 2.23. The zero-order valence-corrected chi connectivity index (χ0v) is 10.4. The molecule has 1 heterocycles. The summed E-state index contributed by atoms with van der Waals surface area (Å²) in [6.07, 6.45) is 2.64. The number of hydrogen-bond donors (Lipinski definition) is 1. The van der Waals surface area contributed by atoms with Crippen molar-refractivity contribution in [1.29, 1.82) is 0 Å². The minimum Gasteiger partial charge on any atom is -0.315 e. The first-order valence-electron chi connectivity index (χ1n) is 6.22. The summed E-state index contributed by atoms with van der Waals surface area (Å²) in [5.41, 5.74) is 2.75. The lowest BCUT2D eigenvalue weighted by Gasteiger charge is -2.31. The number of nitrogens with zero attached hydrogens (tertiary/aromatic N) is 1. The van der Waals surface area contributed by atoms with Crippen molar-refractivity contribution in [2.45, 2.75) is 32.4 Å². The fourth-order valence-electron chi connectivity index (χ4n) is 2.32. The van der Waals surface area contributed by atoms with E-state index < -0.39 is 0 Å². The number of nitrogens with one attached hydrogen (secondary N) is 1. The van der Waals surface area contributed by atoms with E-state index in [9.17, 15) is 0 Å². The Hall–Kier alpha value is -0.860. The number of likely N-dealkylation sites (N-methyl/N-ethyl adjacent to an activating group) is 1. The number of piperidine rings is 1. The predicted molar refractivity (Wildman–Crippen MR) is 68.5 cm³/mol. The molecule has 1 fully saturated rings. The van der Waals surface area contributed by atoms with Crippen LogP contribution in [0.2, 0.25) is 0 Å². The summed E-state index contributed by atoms with van der Waals surface area (Å²) in [4.78, 5) is 2.47. The molecule has 1 aliphatic heterocycles. The van der Waals surface area contributed by atoms with Gasteiger partial charge in [-0.25, -0.2) is 0 Å². The van der Waals surface area contributed by atoms with Gasteiger partial charge in [-0.2, -0.15) is 0 Å². The Morgan fingerprint density at radius 3 is 2.69 bits per heavy atom. The molecule has 0 saturated carbocycles. The highest BCUT2D eigenvalue weighted by Gasteiger charge is 2.17. The molecule has 2 rings (SSSR count). The topological polar surface area (TPSA) is 15.3 Å². The van der Waals surface area contributed by atoms with Crippen molar-refractivity contribution in [3.63, 3.8) is 0 Å². The van der Waals surface area contributed by atoms with Crippen molar-refractivity contribution < 1.29 is 0 Å². The zero-order valence-electron chi connectivity index (χ0n) is 10.4. The van der Waals surface area contributed by atoms with Crippen LogP contribution in [0.1, 0.15) is 24.0 Å². The smallest absolute Gasteiger partial charge is 0.0234 e. The number of rotatable bonds is 3. The Morgan fingerprint density at radius 1 is 1.31 bits per heavy atom. The van der Waals surface area contributed by atoms with Gasteiger partial charge in [-0.05, 0) is 38.9 Å². The van der Waals surface area contributed by atoms with E-state index in [0.717, 1.165) is 13.1 Å². The molecule has 88 valence electrons. The van der Waals surface area contributed by atoms with Crippen molar-refractivity contribution in [3.8, 4) is 0 Å². The van der Waals surface area contributed by atoms with E-state index in [2.05, 4.69) is 48.5 Å². The molecule has 0 aromatic heterocycles. The van der Waals surface area contributed by atoms with Crippen LogP contribution in [-0.4, -0.2) is 31.1 Å². The monoisotopic (exact) mass is 218 g/mol. The molecule has 2 heteroatoms. The van der Waals surface area contributed by atoms with Gasteiger partial charge in [-0.3, -0.25) is 4.90 Å². The Morgan fingerprint density at radius 2 is 2.06 bits per heavy atom. The van der Waals surface area contributed by atoms with Crippen molar-refractivity contribution in [1.82, 2.24) is 10.2 Å². The predicted octanol–water partition coefficient (Wildman–Crippen LogP) is 2.18. The lowest BCUT2D eigenvalue weighted by atomic mass is 10.1. The second kappa shape index (κ2) is 5.46. The first kappa shape index (κ1) is 11.6. The van der Waals surface area contributed by atoms with Crippen molar-refractivity contribution in [2.24, 2.45) is 0 Å². The summed E-state index contributed by atoms with van der Waals surface area (Å²) >= 11 is 0. The van der Waals surface area contributed by atoms with E-state index in [1.165, 1.54) is 30.5 Å². The van der Waals surface area contributed by atoms with Gasteiger partial charge in [0.2, 0.25) is 0 Å². The van der Waals surface area contributed by atoms with Crippen LogP contribution in [0.4, 0.5) is 0 Å². The second-order valence-corrected chi connectivity index (χ2v) is 4.90. The summed E-state index contributed by atoms with van der Waals surface area (Å²) in [6.45, 7) is 5.53. The lowest BCUT2D eigenvalue weighted by Crippen LogP contribution is -2.43. The van der Waals surface area contributed by atoms with Gasteiger partial charge < -0.3 is 5.32 Å². The van der Waals surface area contributed by atoms with E-state index in [-0.39, 0.29) is 0 Å². The maximum atomic E-state index is 3.47. The molecule has 0 unspecified atom stereocenters. The van der Waals surface area contributed by atoms with Crippen LogP contribution in [0.3, 0.4) is 0 Å². The number of hydrogen-bond acceptors (Lipinski definition) is 2. The maximum Gasteiger partial charge on any atom is 0.0234 e.